The van der Waals surface area contributed by atoms with Crippen LogP contribution >= 0.6 is 0 Å². The van der Waals surface area contributed by atoms with Crippen LogP contribution in [0.5, 0.6) is 0 Å². The molecule has 1 saturated heterocycles. The lowest BCUT2D eigenvalue weighted by molar-refractivity contribution is -0.127. The van der Waals surface area contributed by atoms with Gasteiger partial charge in [-0.15, -0.1) is 0 Å². The molecule has 1 aliphatic rings. The summed E-state index contributed by atoms with van der Waals surface area (Å²) in [5.74, 6) is 0.186. The van der Waals surface area contributed by atoms with Crippen LogP contribution in [0.2, 0.25) is 0 Å². The number of carbonyl (C=O) groups excluding carboxylic acids is 1. The van der Waals surface area contributed by atoms with Gasteiger partial charge in [0.15, 0.2) is 0 Å². The molecule has 1 heterocycles. The second-order valence-electron chi connectivity index (χ2n) is 7.52. The van der Waals surface area contributed by atoms with Crippen molar-refractivity contribution in [1.82, 2.24) is 9.21 Å². The van der Waals surface area contributed by atoms with Crippen molar-refractivity contribution < 1.29 is 13.2 Å². The molecule has 7 heteroatoms. The van der Waals surface area contributed by atoms with Crippen molar-refractivity contribution in [3.63, 3.8) is 0 Å². The minimum atomic E-state index is -3.56. The van der Waals surface area contributed by atoms with Crippen LogP contribution in [0.4, 0.5) is 0 Å². The molecular formula is C23H25N3O3S. The molecule has 0 atom stereocenters. The van der Waals surface area contributed by atoms with Crippen LogP contribution < -0.4 is 0 Å². The molecule has 0 aliphatic carbocycles. The first kappa shape index (κ1) is 21.8. The Kier molecular flexibility index (Phi) is 6.70. The molecule has 2 aromatic carbocycles. The fourth-order valence-electron chi connectivity index (χ4n) is 3.26. The van der Waals surface area contributed by atoms with Crippen LogP contribution in [0, 0.1) is 11.3 Å². The number of rotatable bonds is 5. The highest BCUT2D eigenvalue weighted by atomic mass is 32.2. The SMILES string of the molecule is CC(C)c1ccc(S(=O)(=O)N2CCN(C(=O)/C=C/c3ccc(C#N)cc3)CC2)cc1. The van der Waals surface area contributed by atoms with Crippen molar-refractivity contribution in [3.05, 3.63) is 71.3 Å². The summed E-state index contributed by atoms with van der Waals surface area (Å²) in [5, 5.41) is 8.83. The molecule has 156 valence electrons. The first-order valence-electron chi connectivity index (χ1n) is 9.88. The van der Waals surface area contributed by atoms with E-state index in [0.717, 1.165) is 11.1 Å². The largest absolute Gasteiger partial charge is 0.337 e. The number of piperazine rings is 1. The number of sulfonamides is 1. The number of nitrogens with zero attached hydrogens (tertiary/aromatic N) is 3. The van der Waals surface area contributed by atoms with Crippen molar-refractivity contribution in [2.75, 3.05) is 26.2 Å². The van der Waals surface area contributed by atoms with Gasteiger partial charge in [0.2, 0.25) is 15.9 Å². The van der Waals surface area contributed by atoms with Gasteiger partial charge in [0.1, 0.15) is 0 Å². The summed E-state index contributed by atoms with van der Waals surface area (Å²) < 4.78 is 27.2. The number of hydrogen-bond donors (Lipinski definition) is 0. The Hall–Kier alpha value is -2.95. The average Bonchev–Trinajstić information content (AvgIpc) is 2.78. The Bertz CT molecular complexity index is 1060. The van der Waals surface area contributed by atoms with Gasteiger partial charge in [0, 0.05) is 32.3 Å². The molecule has 1 aliphatic heterocycles. The molecule has 0 bridgehead atoms. The van der Waals surface area contributed by atoms with Crippen LogP contribution in [0.3, 0.4) is 0 Å². The summed E-state index contributed by atoms with van der Waals surface area (Å²) in [6.45, 7) is 5.36. The summed E-state index contributed by atoms with van der Waals surface area (Å²) in [6, 6.07) is 16.0. The molecule has 3 rings (SSSR count). The van der Waals surface area contributed by atoms with E-state index in [2.05, 4.69) is 19.9 Å². The lowest BCUT2D eigenvalue weighted by Gasteiger charge is -2.33. The van der Waals surface area contributed by atoms with Gasteiger partial charge in [-0.25, -0.2) is 8.42 Å². The monoisotopic (exact) mass is 423 g/mol. The molecule has 1 amide bonds. The van der Waals surface area contributed by atoms with E-state index in [0.29, 0.717) is 24.6 Å². The molecule has 30 heavy (non-hydrogen) atoms. The Morgan fingerprint density at radius 1 is 1.00 bits per heavy atom. The maximum Gasteiger partial charge on any atom is 0.246 e. The minimum Gasteiger partial charge on any atom is -0.337 e. The fourth-order valence-corrected chi connectivity index (χ4v) is 4.69. The Morgan fingerprint density at radius 3 is 2.13 bits per heavy atom. The number of hydrogen-bond acceptors (Lipinski definition) is 4. The Labute approximate surface area is 178 Å². The van der Waals surface area contributed by atoms with E-state index >= 15 is 0 Å². The Balaban J connectivity index is 1.59. The quantitative estimate of drug-likeness (QED) is 0.692. The summed E-state index contributed by atoms with van der Waals surface area (Å²) in [4.78, 5) is 14.4. The molecule has 0 spiro atoms. The molecule has 0 unspecified atom stereocenters. The number of carbonyl (C=O) groups is 1. The van der Waals surface area contributed by atoms with E-state index in [9.17, 15) is 13.2 Å². The third-order valence-corrected chi connectivity index (χ3v) is 7.11. The topological polar surface area (TPSA) is 81.5 Å². The zero-order valence-electron chi connectivity index (χ0n) is 17.2. The Morgan fingerprint density at radius 2 is 1.60 bits per heavy atom. The van der Waals surface area contributed by atoms with Crippen molar-refractivity contribution >= 4 is 22.0 Å². The normalized spacial score (nSPS) is 15.5. The average molecular weight is 424 g/mol. The van der Waals surface area contributed by atoms with E-state index in [-0.39, 0.29) is 23.9 Å². The number of amides is 1. The smallest absolute Gasteiger partial charge is 0.246 e. The summed E-state index contributed by atoms with van der Waals surface area (Å²) in [5.41, 5.74) is 2.49. The van der Waals surface area contributed by atoms with Crippen LogP contribution in [0.1, 0.15) is 36.5 Å². The van der Waals surface area contributed by atoms with Gasteiger partial charge in [-0.1, -0.05) is 38.1 Å². The van der Waals surface area contributed by atoms with Crippen molar-refractivity contribution in [2.24, 2.45) is 0 Å². The van der Waals surface area contributed by atoms with Crippen LogP contribution in [-0.2, 0) is 14.8 Å². The van der Waals surface area contributed by atoms with Crippen molar-refractivity contribution in [3.8, 4) is 6.07 Å². The van der Waals surface area contributed by atoms with Gasteiger partial charge in [-0.2, -0.15) is 9.57 Å². The highest BCUT2D eigenvalue weighted by Crippen LogP contribution is 2.21. The zero-order valence-corrected chi connectivity index (χ0v) is 18.0. The molecule has 0 aromatic heterocycles. The second-order valence-corrected chi connectivity index (χ2v) is 9.46. The van der Waals surface area contributed by atoms with Gasteiger partial charge < -0.3 is 4.90 Å². The lowest BCUT2D eigenvalue weighted by atomic mass is 10.0. The maximum absolute atomic E-state index is 12.9. The van der Waals surface area contributed by atoms with E-state index in [1.807, 2.05) is 12.1 Å². The first-order chi connectivity index (χ1) is 14.3. The minimum absolute atomic E-state index is 0.155. The highest BCUT2D eigenvalue weighted by Gasteiger charge is 2.29. The predicted molar refractivity (Wildman–Crippen MR) is 116 cm³/mol. The van der Waals surface area contributed by atoms with E-state index < -0.39 is 10.0 Å². The van der Waals surface area contributed by atoms with E-state index in [4.69, 9.17) is 5.26 Å². The van der Waals surface area contributed by atoms with Gasteiger partial charge in [0.25, 0.3) is 0 Å². The number of nitriles is 1. The summed E-state index contributed by atoms with van der Waals surface area (Å²) in [6.07, 6.45) is 3.18. The summed E-state index contributed by atoms with van der Waals surface area (Å²) >= 11 is 0. The first-order valence-corrected chi connectivity index (χ1v) is 11.3. The van der Waals surface area contributed by atoms with Crippen molar-refractivity contribution in [1.29, 1.82) is 5.26 Å². The second kappa shape index (κ2) is 9.24. The molecule has 2 aromatic rings. The molecule has 0 N–H and O–H groups in total. The molecule has 0 saturated carbocycles. The van der Waals surface area contributed by atoms with Gasteiger partial charge in [-0.3, -0.25) is 4.79 Å². The predicted octanol–water partition coefficient (Wildman–Crippen LogP) is 3.23. The lowest BCUT2D eigenvalue weighted by Crippen LogP contribution is -2.50. The van der Waals surface area contributed by atoms with Gasteiger partial charge in [-0.05, 0) is 47.4 Å². The van der Waals surface area contributed by atoms with Gasteiger partial charge in [0.05, 0.1) is 16.5 Å². The van der Waals surface area contributed by atoms with Crippen molar-refractivity contribution in [2.45, 2.75) is 24.7 Å². The van der Waals surface area contributed by atoms with E-state index in [1.165, 1.54) is 10.4 Å². The van der Waals surface area contributed by atoms with Crippen LogP contribution in [-0.4, -0.2) is 49.7 Å². The third kappa shape index (κ3) is 4.96. The number of benzene rings is 2. The zero-order chi connectivity index (χ0) is 21.7. The maximum atomic E-state index is 12.9. The summed E-state index contributed by atoms with van der Waals surface area (Å²) in [7, 11) is -3.56. The van der Waals surface area contributed by atoms with Crippen LogP contribution in [0.25, 0.3) is 6.08 Å². The highest BCUT2D eigenvalue weighted by molar-refractivity contribution is 7.89. The fraction of sp³-hybridized carbons (Fsp3) is 0.304. The van der Waals surface area contributed by atoms with Crippen LogP contribution in [0.15, 0.2) is 59.5 Å². The third-order valence-electron chi connectivity index (χ3n) is 5.19. The van der Waals surface area contributed by atoms with Gasteiger partial charge >= 0.3 is 0 Å². The molecule has 6 nitrogen and oxygen atoms in total. The molecule has 1 fully saturated rings. The molecule has 0 radical (unpaired) electrons. The molecular weight excluding hydrogens is 398 g/mol. The standard InChI is InChI=1S/C23H25N3O3S/c1-18(2)21-8-10-22(11-9-21)30(28,29)26-15-13-25(14-16-26)23(27)12-7-19-3-5-20(17-24)6-4-19/h3-12,18H,13-16H2,1-2H3/b12-7+. The van der Waals surface area contributed by atoms with E-state index in [1.54, 1.807) is 47.4 Å².